The van der Waals surface area contributed by atoms with E-state index in [-0.39, 0.29) is 15.4 Å². The Morgan fingerprint density at radius 3 is 2.90 bits per heavy atom. The summed E-state index contributed by atoms with van der Waals surface area (Å²) in [6.07, 6.45) is 0.915. The number of hydrogen-bond donors (Lipinski definition) is 1. The zero-order valence-corrected chi connectivity index (χ0v) is 14.0. The maximum Gasteiger partial charge on any atom is 0.243 e. The zero-order chi connectivity index (χ0) is 15.6. The van der Waals surface area contributed by atoms with Gasteiger partial charge in [0.1, 0.15) is 10.8 Å². The van der Waals surface area contributed by atoms with Gasteiger partial charge in [-0.25, -0.2) is 12.8 Å². The molecule has 21 heavy (non-hydrogen) atoms. The molecule has 1 heterocycles. The molecule has 1 atom stereocenters. The quantitative estimate of drug-likeness (QED) is 0.843. The van der Waals surface area contributed by atoms with Gasteiger partial charge in [-0.15, -0.1) is 0 Å². The van der Waals surface area contributed by atoms with Gasteiger partial charge in [0.15, 0.2) is 0 Å². The van der Waals surface area contributed by atoms with E-state index in [1.54, 1.807) is 11.8 Å². The van der Waals surface area contributed by atoms with Crippen LogP contribution < -0.4 is 5.73 Å². The fraction of sp³-hybridized carbons (Fsp3) is 0.462. The van der Waals surface area contributed by atoms with Crippen LogP contribution in [0.15, 0.2) is 23.1 Å². The largest absolute Gasteiger partial charge is 0.389 e. The summed E-state index contributed by atoms with van der Waals surface area (Å²) in [6, 6.07) is 3.57. The number of rotatable bonds is 4. The molecule has 1 aliphatic rings. The first-order chi connectivity index (χ1) is 9.86. The Labute approximate surface area is 133 Å². The fourth-order valence-electron chi connectivity index (χ4n) is 2.16. The number of thiocarbonyl (C=S) groups is 1. The second-order valence-electron chi connectivity index (χ2n) is 4.77. The van der Waals surface area contributed by atoms with E-state index < -0.39 is 15.8 Å². The SMILES string of the molecule is CCC1CN(S(=O)(=O)c2ccc(F)c(C(N)=S)c2)CCS1. The van der Waals surface area contributed by atoms with Crippen molar-refractivity contribution in [3.63, 3.8) is 0 Å². The van der Waals surface area contributed by atoms with Crippen LogP contribution >= 0.6 is 24.0 Å². The molecule has 2 rings (SSSR count). The molecule has 1 saturated heterocycles. The first-order valence-corrected chi connectivity index (χ1v) is 9.47. The van der Waals surface area contributed by atoms with E-state index in [1.807, 2.05) is 6.92 Å². The van der Waals surface area contributed by atoms with Gasteiger partial charge in [-0.1, -0.05) is 19.1 Å². The lowest BCUT2D eigenvalue weighted by Crippen LogP contribution is -2.41. The van der Waals surface area contributed by atoms with Crippen LogP contribution in [0.2, 0.25) is 0 Å². The van der Waals surface area contributed by atoms with Gasteiger partial charge in [-0.2, -0.15) is 16.1 Å². The molecule has 0 radical (unpaired) electrons. The predicted molar refractivity (Wildman–Crippen MR) is 87.6 cm³/mol. The molecule has 0 saturated carbocycles. The van der Waals surface area contributed by atoms with Crippen LogP contribution in [0, 0.1) is 5.82 Å². The maximum absolute atomic E-state index is 13.6. The van der Waals surface area contributed by atoms with Gasteiger partial charge >= 0.3 is 0 Å². The minimum Gasteiger partial charge on any atom is -0.389 e. The molecule has 1 unspecified atom stereocenters. The van der Waals surface area contributed by atoms with Crippen molar-refractivity contribution in [3.8, 4) is 0 Å². The highest BCUT2D eigenvalue weighted by Gasteiger charge is 2.30. The maximum atomic E-state index is 13.6. The lowest BCUT2D eigenvalue weighted by molar-refractivity contribution is 0.416. The van der Waals surface area contributed by atoms with E-state index in [0.29, 0.717) is 18.3 Å². The molecule has 116 valence electrons. The van der Waals surface area contributed by atoms with Crippen molar-refractivity contribution >= 4 is 39.0 Å². The molecule has 1 aromatic carbocycles. The van der Waals surface area contributed by atoms with Gasteiger partial charge in [-0.05, 0) is 24.6 Å². The van der Waals surface area contributed by atoms with E-state index in [4.69, 9.17) is 18.0 Å². The Kier molecular flexibility index (Phi) is 5.24. The molecule has 2 N–H and O–H groups in total. The summed E-state index contributed by atoms with van der Waals surface area (Å²) in [5, 5.41) is 0.295. The van der Waals surface area contributed by atoms with Crippen molar-refractivity contribution in [2.24, 2.45) is 5.73 Å². The van der Waals surface area contributed by atoms with Crippen LogP contribution in [-0.4, -0.2) is 41.8 Å². The topological polar surface area (TPSA) is 63.4 Å². The van der Waals surface area contributed by atoms with Gasteiger partial charge < -0.3 is 5.73 Å². The number of halogens is 1. The van der Waals surface area contributed by atoms with Crippen molar-refractivity contribution < 1.29 is 12.8 Å². The van der Waals surface area contributed by atoms with E-state index >= 15 is 0 Å². The van der Waals surface area contributed by atoms with E-state index in [9.17, 15) is 12.8 Å². The Bertz CT molecular complexity index is 649. The molecular formula is C13H17FN2O2S3. The molecule has 0 amide bonds. The minimum absolute atomic E-state index is 0.0356. The molecule has 1 aromatic rings. The summed E-state index contributed by atoms with van der Waals surface area (Å²) >= 11 is 6.53. The van der Waals surface area contributed by atoms with Crippen molar-refractivity contribution in [2.45, 2.75) is 23.5 Å². The van der Waals surface area contributed by atoms with Gasteiger partial charge in [0.25, 0.3) is 0 Å². The fourth-order valence-corrected chi connectivity index (χ4v) is 5.22. The Balaban J connectivity index is 2.35. The Hall–Kier alpha value is -0.700. The first kappa shape index (κ1) is 16.7. The second-order valence-corrected chi connectivity index (χ2v) is 8.56. The summed E-state index contributed by atoms with van der Waals surface area (Å²) in [6.45, 7) is 2.98. The third kappa shape index (κ3) is 3.56. The third-order valence-corrected chi connectivity index (χ3v) is 6.85. The van der Waals surface area contributed by atoms with Gasteiger partial charge in [0.2, 0.25) is 10.0 Å². The van der Waals surface area contributed by atoms with Crippen LogP contribution in [-0.2, 0) is 10.0 Å². The number of thioether (sulfide) groups is 1. The molecule has 8 heteroatoms. The summed E-state index contributed by atoms with van der Waals surface area (Å²) < 4.78 is 40.3. The number of hydrogen-bond acceptors (Lipinski definition) is 4. The summed E-state index contributed by atoms with van der Waals surface area (Å²) in [4.78, 5) is -0.112. The van der Waals surface area contributed by atoms with Gasteiger partial charge in [0.05, 0.1) is 4.90 Å². The third-order valence-electron chi connectivity index (χ3n) is 3.40. The highest BCUT2D eigenvalue weighted by molar-refractivity contribution is 8.00. The lowest BCUT2D eigenvalue weighted by atomic mass is 10.2. The average Bonchev–Trinajstić information content (AvgIpc) is 2.47. The molecular weight excluding hydrogens is 331 g/mol. The smallest absolute Gasteiger partial charge is 0.243 e. The van der Waals surface area contributed by atoms with Crippen LogP contribution in [0.1, 0.15) is 18.9 Å². The zero-order valence-electron chi connectivity index (χ0n) is 11.6. The van der Waals surface area contributed by atoms with Crippen molar-refractivity contribution in [1.29, 1.82) is 0 Å². The van der Waals surface area contributed by atoms with Gasteiger partial charge in [0, 0.05) is 29.7 Å². The molecule has 0 aromatic heterocycles. The number of benzene rings is 1. The summed E-state index contributed by atoms with van der Waals surface area (Å²) in [7, 11) is -3.64. The Morgan fingerprint density at radius 1 is 1.57 bits per heavy atom. The first-order valence-electron chi connectivity index (χ1n) is 6.57. The number of nitrogens with zero attached hydrogens (tertiary/aromatic N) is 1. The van der Waals surface area contributed by atoms with Crippen molar-refractivity contribution in [3.05, 3.63) is 29.6 Å². The molecule has 0 aliphatic carbocycles. The van der Waals surface area contributed by atoms with Crippen LogP contribution in [0.4, 0.5) is 4.39 Å². The normalized spacial score (nSPS) is 20.4. The molecule has 0 bridgehead atoms. The van der Waals surface area contributed by atoms with Crippen molar-refractivity contribution in [2.75, 3.05) is 18.8 Å². The van der Waals surface area contributed by atoms with Crippen LogP contribution in [0.5, 0.6) is 0 Å². The standard InChI is InChI=1S/C13H17FN2O2S3/c1-2-9-8-16(5-6-20-9)21(17,18)10-3-4-12(14)11(7-10)13(15)19/h3-4,7,9H,2,5-6,8H2,1H3,(H2,15,19). The number of nitrogens with two attached hydrogens (primary N) is 1. The molecule has 4 nitrogen and oxygen atoms in total. The highest BCUT2D eigenvalue weighted by Crippen LogP contribution is 2.27. The monoisotopic (exact) mass is 348 g/mol. The van der Waals surface area contributed by atoms with E-state index in [1.165, 1.54) is 16.4 Å². The number of sulfonamides is 1. The Morgan fingerprint density at radius 2 is 2.29 bits per heavy atom. The summed E-state index contributed by atoms with van der Waals surface area (Å²) in [5.41, 5.74) is 5.39. The summed E-state index contributed by atoms with van der Waals surface area (Å²) in [5.74, 6) is 0.156. The molecule has 1 aliphatic heterocycles. The molecule has 1 fully saturated rings. The van der Waals surface area contributed by atoms with E-state index in [2.05, 4.69) is 0 Å². The van der Waals surface area contributed by atoms with Gasteiger partial charge in [-0.3, -0.25) is 0 Å². The second kappa shape index (κ2) is 6.60. The van der Waals surface area contributed by atoms with Crippen LogP contribution in [0.25, 0.3) is 0 Å². The lowest BCUT2D eigenvalue weighted by Gasteiger charge is -2.31. The average molecular weight is 348 g/mol. The minimum atomic E-state index is -3.64. The van der Waals surface area contributed by atoms with Crippen LogP contribution in [0.3, 0.4) is 0 Å². The highest BCUT2D eigenvalue weighted by atomic mass is 32.2. The molecule has 0 spiro atoms. The predicted octanol–water partition coefficient (Wildman–Crippen LogP) is 1.98. The van der Waals surface area contributed by atoms with E-state index in [0.717, 1.165) is 18.2 Å². The van der Waals surface area contributed by atoms with Crippen molar-refractivity contribution in [1.82, 2.24) is 4.31 Å².